The molecule has 0 N–H and O–H groups in total. The number of fused-ring (bicyclic) bond motifs is 5. The predicted molar refractivity (Wildman–Crippen MR) is 227 cm³/mol. The van der Waals surface area contributed by atoms with Gasteiger partial charge in [0, 0.05) is 32.8 Å². The molecule has 1 aliphatic rings. The number of benzene rings is 9. The zero-order chi connectivity index (χ0) is 36.0. The van der Waals surface area contributed by atoms with Gasteiger partial charge in [-0.25, -0.2) is 15.0 Å². The summed E-state index contributed by atoms with van der Waals surface area (Å²) < 4.78 is 2.47. The minimum atomic E-state index is 0.628. The Morgan fingerprint density at radius 1 is 0.309 bits per heavy atom. The van der Waals surface area contributed by atoms with Gasteiger partial charge in [-0.3, -0.25) is 0 Å². The van der Waals surface area contributed by atoms with Crippen molar-refractivity contribution in [1.82, 2.24) is 19.5 Å². The Kier molecular flexibility index (Phi) is 6.31. The molecule has 0 saturated carbocycles. The normalized spacial score (nSPS) is 12.0. The van der Waals surface area contributed by atoms with E-state index in [0.29, 0.717) is 17.5 Å². The van der Waals surface area contributed by atoms with Crippen LogP contribution in [0.15, 0.2) is 182 Å². The molecule has 0 aliphatic heterocycles. The molecule has 55 heavy (non-hydrogen) atoms. The van der Waals surface area contributed by atoms with E-state index in [-0.39, 0.29) is 0 Å². The molecule has 4 nitrogen and oxygen atoms in total. The zero-order valence-electron chi connectivity index (χ0n) is 29.6. The molecule has 0 fully saturated rings. The Bertz CT molecular complexity index is 3380. The quantitative estimate of drug-likeness (QED) is 0.184. The molecule has 9 aromatic carbocycles. The molecule has 2 heterocycles. The summed E-state index contributed by atoms with van der Waals surface area (Å²) in [5.74, 6) is 1.90. The van der Waals surface area contributed by atoms with Crippen molar-refractivity contribution in [1.29, 1.82) is 0 Å². The van der Waals surface area contributed by atoms with E-state index in [1.54, 1.807) is 0 Å². The van der Waals surface area contributed by atoms with Crippen molar-refractivity contribution >= 4 is 54.1 Å². The first-order chi connectivity index (χ1) is 27.3. The van der Waals surface area contributed by atoms with E-state index in [1.807, 2.05) is 18.2 Å². The highest BCUT2D eigenvalue weighted by molar-refractivity contribution is 6.30. The van der Waals surface area contributed by atoms with E-state index in [9.17, 15) is 0 Å². The van der Waals surface area contributed by atoms with Crippen molar-refractivity contribution in [3.05, 3.63) is 182 Å². The van der Waals surface area contributed by atoms with E-state index in [2.05, 4.69) is 168 Å². The van der Waals surface area contributed by atoms with Crippen LogP contribution in [-0.2, 0) is 0 Å². The number of rotatable bonds is 4. The molecule has 0 amide bonds. The van der Waals surface area contributed by atoms with Gasteiger partial charge in [-0.05, 0) is 73.5 Å². The van der Waals surface area contributed by atoms with Crippen molar-refractivity contribution in [2.75, 3.05) is 0 Å². The Labute approximate surface area is 316 Å². The minimum Gasteiger partial charge on any atom is -0.308 e. The summed E-state index contributed by atoms with van der Waals surface area (Å²) >= 11 is 0. The largest absolute Gasteiger partial charge is 0.308 e. The van der Waals surface area contributed by atoms with Crippen molar-refractivity contribution < 1.29 is 0 Å². The monoisotopic (exact) mass is 698 g/mol. The SMILES string of the molecule is c1ccc(-c2nc(-c3ccc4ccccc4c3)nc(-c3ccc4ccccc4c3-n3c4cccc5c4c4c6c(cccc6ccc43)-c3ccccc3-5)n2)cc1. The van der Waals surface area contributed by atoms with Gasteiger partial charge in [0.2, 0.25) is 0 Å². The first-order valence-corrected chi connectivity index (χ1v) is 18.7. The van der Waals surface area contributed by atoms with Crippen LogP contribution < -0.4 is 0 Å². The van der Waals surface area contributed by atoms with Gasteiger partial charge in [0.15, 0.2) is 17.5 Å². The third-order valence-electron chi connectivity index (χ3n) is 11.3. The molecular formula is C51H30N4. The molecule has 12 rings (SSSR count). The second-order valence-corrected chi connectivity index (χ2v) is 14.4. The standard InChI is InChI=1S/C51H30N4/c1-2-14-34(15-3-1)49-52-50(36-25-24-31-12-4-5-16-35(31)30-36)54-51(53-49)42-28-26-32-13-6-7-18-37(32)48(42)55-43-23-11-22-41-39-20-9-8-19-38(39)40-21-10-17-33-27-29-44(55)47(45(33)40)46(41)43/h1-30H. The van der Waals surface area contributed by atoms with E-state index in [4.69, 9.17) is 15.0 Å². The topological polar surface area (TPSA) is 43.6 Å². The van der Waals surface area contributed by atoms with Gasteiger partial charge in [-0.15, -0.1) is 0 Å². The molecule has 11 aromatic rings. The molecule has 2 aromatic heterocycles. The molecule has 0 saturated heterocycles. The molecule has 1 aliphatic carbocycles. The Hall–Kier alpha value is -7.43. The van der Waals surface area contributed by atoms with Crippen LogP contribution >= 0.6 is 0 Å². The van der Waals surface area contributed by atoms with Crippen LogP contribution in [0.4, 0.5) is 0 Å². The van der Waals surface area contributed by atoms with Crippen molar-refractivity contribution in [2.45, 2.75) is 0 Å². The molecule has 0 bridgehead atoms. The van der Waals surface area contributed by atoms with Gasteiger partial charge in [0.05, 0.1) is 16.7 Å². The average Bonchev–Trinajstić information content (AvgIpc) is 3.53. The van der Waals surface area contributed by atoms with Crippen LogP contribution in [0.1, 0.15) is 0 Å². The lowest BCUT2D eigenvalue weighted by Gasteiger charge is -2.18. The van der Waals surface area contributed by atoms with Crippen LogP contribution in [0.3, 0.4) is 0 Å². The van der Waals surface area contributed by atoms with E-state index >= 15 is 0 Å². The highest BCUT2D eigenvalue weighted by Gasteiger charge is 2.27. The van der Waals surface area contributed by atoms with Gasteiger partial charge < -0.3 is 4.57 Å². The van der Waals surface area contributed by atoms with E-state index in [1.165, 1.54) is 49.2 Å². The maximum atomic E-state index is 5.33. The maximum absolute atomic E-state index is 5.33. The predicted octanol–water partition coefficient (Wildman–Crippen LogP) is 13.1. The second kappa shape index (κ2) is 11.5. The molecule has 0 spiro atoms. The molecule has 4 heteroatoms. The first kappa shape index (κ1) is 30.1. The van der Waals surface area contributed by atoms with Gasteiger partial charge in [-0.2, -0.15) is 0 Å². The number of hydrogen-bond acceptors (Lipinski definition) is 3. The van der Waals surface area contributed by atoms with Crippen molar-refractivity contribution in [2.24, 2.45) is 0 Å². The Morgan fingerprint density at radius 2 is 0.891 bits per heavy atom. The lowest BCUT2D eigenvalue weighted by molar-refractivity contribution is 1.07. The third kappa shape index (κ3) is 4.43. The lowest BCUT2D eigenvalue weighted by atomic mass is 9.93. The van der Waals surface area contributed by atoms with Gasteiger partial charge >= 0.3 is 0 Å². The van der Waals surface area contributed by atoms with Crippen LogP contribution in [-0.4, -0.2) is 19.5 Å². The smallest absolute Gasteiger partial charge is 0.166 e. The van der Waals surface area contributed by atoms with Crippen LogP contribution in [0, 0.1) is 0 Å². The van der Waals surface area contributed by atoms with Crippen LogP contribution in [0.25, 0.3) is 116 Å². The highest BCUT2D eigenvalue weighted by Crippen LogP contribution is 2.50. The summed E-state index contributed by atoms with van der Waals surface area (Å²) in [6.45, 7) is 0. The van der Waals surface area contributed by atoms with Gasteiger partial charge in [-0.1, -0.05) is 158 Å². The van der Waals surface area contributed by atoms with Gasteiger partial charge in [0.1, 0.15) is 0 Å². The van der Waals surface area contributed by atoms with Crippen LogP contribution in [0.2, 0.25) is 0 Å². The fourth-order valence-electron chi connectivity index (χ4n) is 8.92. The molecule has 254 valence electrons. The number of aromatic nitrogens is 4. The Morgan fingerprint density at radius 3 is 1.73 bits per heavy atom. The fourth-order valence-corrected chi connectivity index (χ4v) is 8.92. The maximum Gasteiger partial charge on any atom is 0.166 e. The molecule has 0 unspecified atom stereocenters. The fraction of sp³-hybridized carbons (Fsp3) is 0. The summed E-state index contributed by atoms with van der Waals surface area (Å²) in [5, 5.41) is 9.65. The van der Waals surface area contributed by atoms with Crippen LogP contribution in [0.5, 0.6) is 0 Å². The summed E-state index contributed by atoms with van der Waals surface area (Å²) in [6.07, 6.45) is 0. The lowest BCUT2D eigenvalue weighted by Crippen LogP contribution is -2.04. The first-order valence-electron chi connectivity index (χ1n) is 18.7. The van der Waals surface area contributed by atoms with Crippen molar-refractivity contribution in [3.8, 4) is 62.1 Å². The summed E-state index contributed by atoms with van der Waals surface area (Å²) in [6, 6.07) is 65.0. The van der Waals surface area contributed by atoms with E-state index in [0.717, 1.165) is 49.6 Å². The molecule has 0 radical (unpaired) electrons. The second-order valence-electron chi connectivity index (χ2n) is 14.4. The zero-order valence-corrected chi connectivity index (χ0v) is 29.6. The number of hydrogen-bond donors (Lipinski definition) is 0. The summed E-state index contributed by atoms with van der Waals surface area (Å²) in [4.78, 5) is 15.7. The summed E-state index contributed by atoms with van der Waals surface area (Å²) in [7, 11) is 0. The molecular weight excluding hydrogens is 669 g/mol. The highest BCUT2D eigenvalue weighted by atomic mass is 15.1. The average molecular weight is 699 g/mol. The summed E-state index contributed by atoms with van der Waals surface area (Å²) in [5.41, 5.74) is 11.2. The van der Waals surface area contributed by atoms with Crippen molar-refractivity contribution in [3.63, 3.8) is 0 Å². The Balaban J connectivity index is 1.22. The minimum absolute atomic E-state index is 0.628. The van der Waals surface area contributed by atoms with Gasteiger partial charge in [0.25, 0.3) is 0 Å². The molecule has 0 atom stereocenters. The third-order valence-corrected chi connectivity index (χ3v) is 11.3. The number of nitrogens with zero attached hydrogens (tertiary/aromatic N) is 4. The van der Waals surface area contributed by atoms with E-state index < -0.39 is 0 Å².